The van der Waals surface area contributed by atoms with Gasteiger partial charge in [0.2, 0.25) is 10.0 Å². The molecule has 0 bridgehead atoms. The van der Waals surface area contributed by atoms with Crippen molar-refractivity contribution in [3.8, 4) is 5.82 Å². The number of nitrogens with one attached hydrogen (secondary N) is 2. The first-order chi connectivity index (χ1) is 13.7. The quantitative estimate of drug-likeness (QED) is 0.576. The first-order valence-electron chi connectivity index (χ1n) is 9.33. The lowest BCUT2D eigenvalue weighted by atomic mass is 10.1. The highest BCUT2D eigenvalue weighted by molar-refractivity contribution is 7.89. The van der Waals surface area contributed by atoms with E-state index in [2.05, 4.69) is 25.0 Å². The van der Waals surface area contributed by atoms with Crippen LogP contribution in [-0.4, -0.2) is 41.0 Å². The normalized spacial score (nSPS) is 11.6. The van der Waals surface area contributed by atoms with Gasteiger partial charge in [0.1, 0.15) is 24.3 Å². The van der Waals surface area contributed by atoms with Gasteiger partial charge in [-0.25, -0.2) is 28.1 Å². The van der Waals surface area contributed by atoms with E-state index in [1.54, 1.807) is 12.4 Å². The van der Waals surface area contributed by atoms with Gasteiger partial charge in [-0.15, -0.1) is 0 Å². The Labute approximate surface area is 171 Å². The number of hydrogen-bond acceptors (Lipinski definition) is 6. The van der Waals surface area contributed by atoms with Crippen molar-refractivity contribution < 1.29 is 8.42 Å². The molecule has 0 saturated carbocycles. The summed E-state index contributed by atoms with van der Waals surface area (Å²) < 4.78 is 29.9. The fourth-order valence-electron chi connectivity index (χ4n) is 3.34. The lowest BCUT2D eigenvalue weighted by molar-refractivity contribution is 0.581. The topological polar surface area (TPSA) is 102 Å². The van der Waals surface area contributed by atoms with Crippen molar-refractivity contribution in [3.05, 3.63) is 58.9 Å². The maximum absolute atomic E-state index is 12.7. The summed E-state index contributed by atoms with van der Waals surface area (Å²) in [5.74, 6) is 1.31. The zero-order valence-electron chi connectivity index (χ0n) is 17.3. The molecule has 9 heteroatoms. The number of aryl methyl sites for hydroxylation is 4. The zero-order chi connectivity index (χ0) is 21.2. The van der Waals surface area contributed by atoms with E-state index < -0.39 is 10.0 Å². The molecule has 0 unspecified atom stereocenters. The first-order valence-corrected chi connectivity index (χ1v) is 10.8. The maximum Gasteiger partial charge on any atom is 0.241 e. The Kier molecular flexibility index (Phi) is 5.99. The second kappa shape index (κ2) is 8.30. The highest BCUT2D eigenvalue weighted by Gasteiger charge is 2.19. The number of rotatable bonds is 7. The predicted octanol–water partition coefficient (Wildman–Crippen LogP) is 2.59. The lowest BCUT2D eigenvalue weighted by Crippen LogP contribution is -2.30. The summed E-state index contributed by atoms with van der Waals surface area (Å²) in [6.07, 6.45) is 3.19. The average molecular weight is 415 g/mol. The number of nitrogens with zero attached hydrogens (tertiary/aromatic N) is 4. The van der Waals surface area contributed by atoms with Crippen LogP contribution < -0.4 is 10.0 Å². The fraction of sp³-hybridized carbons (Fsp3) is 0.350. The van der Waals surface area contributed by atoms with Gasteiger partial charge in [0.25, 0.3) is 0 Å². The van der Waals surface area contributed by atoms with Gasteiger partial charge in [0.05, 0.1) is 10.6 Å². The minimum atomic E-state index is -3.58. The van der Waals surface area contributed by atoms with E-state index in [0.717, 1.165) is 28.1 Å². The summed E-state index contributed by atoms with van der Waals surface area (Å²) in [7, 11) is -3.58. The molecule has 3 rings (SSSR count). The molecular weight excluding hydrogens is 388 g/mol. The minimum Gasteiger partial charge on any atom is -0.369 e. The number of anilines is 1. The van der Waals surface area contributed by atoms with Crippen LogP contribution in [0.4, 0.5) is 5.82 Å². The third kappa shape index (κ3) is 4.63. The summed E-state index contributed by atoms with van der Waals surface area (Å²) in [6.45, 7) is 10.1. The Morgan fingerprint density at radius 3 is 2.24 bits per heavy atom. The summed E-state index contributed by atoms with van der Waals surface area (Å²) >= 11 is 0. The van der Waals surface area contributed by atoms with Crippen molar-refractivity contribution in [2.75, 3.05) is 18.4 Å². The number of benzene rings is 1. The molecule has 0 aliphatic carbocycles. The van der Waals surface area contributed by atoms with Crippen LogP contribution in [0.1, 0.15) is 28.1 Å². The molecular formula is C20H26N6O2S. The van der Waals surface area contributed by atoms with Gasteiger partial charge in [-0.3, -0.25) is 4.57 Å². The number of imidazole rings is 1. The predicted molar refractivity (Wildman–Crippen MR) is 113 cm³/mol. The molecule has 0 fully saturated rings. The largest absolute Gasteiger partial charge is 0.369 e. The molecule has 8 nitrogen and oxygen atoms in total. The van der Waals surface area contributed by atoms with Gasteiger partial charge in [-0.05, 0) is 45.7 Å². The molecule has 0 aliphatic rings. The van der Waals surface area contributed by atoms with Crippen LogP contribution >= 0.6 is 0 Å². The molecule has 2 aromatic heterocycles. The summed E-state index contributed by atoms with van der Waals surface area (Å²) in [4.78, 5) is 13.1. The maximum atomic E-state index is 12.7. The molecule has 0 saturated heterocycles. The second-order valence-electron chi connectivity index (χ2n) is 7.10. The SMILES string of the molecule is Cc1cc(C)c(S(=O)(=O)NCCNc2cc(-n3cnc(C)c3C)ncn2)c(C)c1. The monoisotopic (exact) mass is 414 g/mol. The van der Waals surface area contributed by atoms with Gasteiger partial charge in [0.15, 0.2) is 0 Å². The van der Waals surface area contributed by atoms with E-state index in [1.807, 2.05) is 51.3 Å². The number of hydrogen-bond donors (Lipinski definition) is 2. The molecule has 0 spiro atoms. The smallest absolute Gasteiger partial charge is 0.241 e. The summed E-state index contributed by atoms with van der Waals surface area (Å²) in [5.41, 5.74) is 4.48. The van der Waals surface area contributed by atoms with Crippen molar-refractivity contribution in [3.63, 3.8) is 0 Å². The van der Waals surface area contributed by atoms with Gasteiger partial charge < -0.3 is 5.32 Å². The van der Waals surface area contributed by atoms with Gasteiger partial charge in [0, 0.05) is 24.8 Å². The Morgan fingerprint density at radius 1 is 0.931 bits per heavy atom. The van der Waals surface area contributed by atoms with Crippen molar-refractivity contribution in [1.82, 2.24) is 24.2 Å². The Bertz CT molecular complexity index is 1110. The minimum absolute atomic E-state index is 0.234. The molecule has 0 aliphatic heterocycles. The van der Waals surface area contributed by atoms with Gasteiger partial charge in [-0.1, -0.05) is 17.7 Å². The third-order valence-electron chi connectivity index (χ3n) is 4.75. The van der Waals surface area contributed by atoms with Crippen molar-refractivity contribution in [2.24, 2.45) is 0 Å². The molecule has 154 valence electrons. The van der Waals surface area contributed by atoms with Crippen LogP contribution in [0.15, 0.2) is 35.7 Å². The Balaban J connectivity index is 1.64. The van der Waals surface area contributed by atoms with E-state index in [0.29, 0.717) is 23.1 Å². The summed E-state index contributed by atoms with van der Waals surface area (Å²) in [5, 5.41) is 3.13. The van der Waals surface area contributed by atoms with Crippen LogP contribution in [-0.2, 0) is 10.0 Å². The molecule has 29 heavy (non-hydrogen) atoms. The third-order valence-corrected chi connectivity index (χ3v) is 6.51. The van der Waals surface area contributed by atoms with Crippen molar-refractivity contribution in [2.45, 2.75) is 39.5 Å². The van der Waals surface area contributed by atoms with Gasteiger partial charge >= 0.3 is 0 Å². The Hall–Kier alpha value is -2.78. The van der Waals surface area contributed by atoms with Crippen LogP contribution in [0.3, 0.4) is 0 Å². The fourth-order valence-corrected chi connectivity index (χ4v) is 4.82. The molecule has 1 aromatic carbocycles. The van der Waals surface area contributed by atoms with Crippen LogP contribution in [0, 0.1) is 34.6 Å². The van der Waals surface area contributed by atoms with E-state index >= 15 is 0 Å². The second-order valence-corrected chi connectivity index (χ2v) is 8.80. The lowest BCUT2D eigenvalue weighted by Gasteiger charge is -2.13. The van der Waals surface area contributed by atoms with Gasteiger partial charge in [-0.2, -0.15) is 0 Å². The average Bonchev–Trinajstić information content (AvgIpc) is 2.97. The van der Waals surface area contributed by atoms with E-state index in [1.165, 1.54) is 6.33 Å². The molecule has 0 atom stereocenters. The van der Waals surface area contributed by atoms with Crippen LogP contribution in [0.2, 0.25) is 0 Å². The first kappa shape index (κ1) is 20.9. The highest BCUT2D eigenvalue weighted by Crippen LogP contribution is 2.21. The standard InChI is InChI=1S/C20H26N6O2S/c1-13-8-14(2)20(15(3)9-13)29(27,28)25-7-6-21-18-10-19(23-11-22-18)26-12-24-16(4)17(26)5/h8-12,25H,6-7H2,1-5H3,(H,21,22,23). The van der Waals surface area contributed by atoms with E-state index in [4.69, 9.17) is 0 Å². The zero-order valence-corrected chi connectivity index (χ0v) is 18.1. The van der Waals surface area contributed by atoms with E-state index in [-0.39, 0.29) is 6.54 Å². The highest BCUT2D eigenvalue weighted by atomic mass is 32.2. The molecule has 3 aromatic rings. The van der Waals surface area contributed by atoms with Crippen molar-refractivity contribution >= 4 is 15.8 Å². The Morgan fingerprint density at radius 2 is 1.62 bits per heavy atom. The van der Waals surface area contributed by atoms with E-state index in [9.17, 15) is 8.42 Å². The van der Waals surface area contributed by atoms with Crippen molar-refractivity contribution in [1.29, 1.82) is 0 Å². The number of sulfonamides is 1. The molecule has 2 heterocycles. The molecule has 2 N–H and O–H groups in total. The number of aromatic nitrogens is 4. The van der Waals surface area contributed by atoms with Crippen LogP contribution in [0.5, 0.6) is 0 Å². The molecule has 0 radical (unpaired) electrons. The van der Waals surface area contributed by atoms with Crippen LogP contribution in [0.25, 0.3) is 5.82 Å². The summed E-state index contributed by atoms with van der Waals surface area (Å²) in [6, 6.07) is 5.56. The molecule has 0 amide bonds.